The van der Waals surface area contributed by atoms with Crippen molar-refractivity contribution < 1.29 is 19.1 Å². The summed E-state index contributed by atoms with van der Waals surface area (Å²) in [6, 6.07) is 1.78. The molecule has 1 amide bonds. The summed E-state index contributed by atoms with van der Waals surface area (Å²) in [6.45, 7) is 4.00. The maximum atomic E-state index is 12.3. The Labute approximate surface area is 118 Å². The molecule has 2 bridgehead atoms. The number of carbonyl (C=O) groups is 1. The van der Waals surface area contributed by atoms with E-state index in [2.05, 4.69) is 5.32 Å². The Morgan fingerprint density at radius 3 is 2.90 bits per heavy atom. The number of fused-ring (bicyclic) bond motifs is 2. The van der Waals surface area contributed by atoms with Crippen LogP contribution < -0.4 is 5.32 Å². The van der Waals surface area contributed by atoms with Gasteiger partial charge in [-0.15, -0.1) is 0 Å². The Kier molecular flexibility index (Phi) is 3.56. The van der Waals surface area contributed by atoms with Crippen LogP contribution >= 0.6 is 0 Å². The SMILES string of the molecule is Cc1cc(C(=O)N[C@@H]2CC[C@@H]3C[C@@H]2[C@@H](O)CO3)c(C)o1. The van der Waals surface area contributed by atoms with Crippen molar-refractivity contribution in [1.29, 1.82) is 0 Å². The van der Waals surface area contributed by atoms with E-state index in [1.54, 1.807) is 13.0 Å². The van der Waals surface area contributed by atoms with Gasteiger partial charge in [-0.2, -0.15) is 0 Å². The van der Waals surface area contributed by atoms with E-state index < -0.39 is 6.10 Å². The first-order valence-corrected chi connectivity index (χ1v) is 7.22. The predicted octanol–water partition coefficient (Wildman–Crippen LogP) is 1.55. The van der Waals surface area contributed by atoms with Crippen LogP contribution in [0.25, 0.3) is 0 Å². The van der Waals surface area contributed by atoms with E-state index in [0.29, 0.717) is 17.9 Å². The number of aryl methyl sites for hydroxylation is 2. The highest BCUT2D eigenvalue weighted by atomic mass is 16.5. The summed E-state index contributed by atoms with van der Waals surface area (Å²) < 4.78 is 10.9. The number of ether oxygens (including phenoxy) is 1. The summed E-state index contributed by atoms with van der Waals surface area (Å²) in [7, 11) is 0. The highest BCUT2D eigenvalue weighted by Gasteiger charge is 2.40. The first-order chi connectivity index (χ1) is 9.54. The summed E-state index contributed by atoms with van der Waals surface area (Å²) in [4.78, 5) is 12.3. The number of aliphatic hydroxyl groups is 1. The number of hydrogen-bond donors (Lipinski definition) is 2. The third-order valence-electron chi connectivity index (χ3n) is 4.45. The zero-order valence-corrected chi connectivity index (χ0v) is 11.9. The number of hydrogen-bond acceptors (Lipinski definition) is 4. The molecule has 0 radical (unpaired) electrons. The number of amides is 1. The summed E-state index contributed by atoms with van der Waals surface area (Å²) in [5.41, 5.74) is 0.589. The van der Waals surface area contributed by atoms with E-state index >= 15 is 0 Å². The van der Waals surface area contributed by atoms with Gasteiger partial charge in [-0.05, 0) is 39.2 Å². The molecular weight excluding hydrogens is 258 g/mol. The van der Waals surface area contributed by atoms with Gasteiger partial charge in [0.25, 0.3) is 5.91 Å². The Balaban J connectivity index is 1.70. The molecule has 4 atom stereocenters. The molecule has 1 aromatic rings. The van der Waals surface area contributed by atoms with Gasteiger partial charge in [0.2, 0.25) is 0 Å². The van der Waals surface area contributed by atoms with Crippen molar-refractivity contribution in [2.75, 3.05) is 6.61 Å². The van der Waals surface area contributed by atoms with Gasteiger partial charge in [0.1, 0.15) is 11.5 Å². The molecule has 1 saturated heterocycles. The van der Waals surface area contributed by atoms with Gasteiger partial charge in [-0.3, -0.25) is 4.79 Å². The van der Waals surface area contributed by atoms with Crippen LogP contribution in [-0.4, -0.2) is 35.9 Å². The van der Waals surface area contributed by atoms with Crippen molar-refractivity contribution in [3.63, 3.8) is 0 Å². The topological polar surface area (TPSA) is 71.7 Å². The van der Waals surface area contributed by atoms with Crippen LogP contribution in [0.15, 0.2) is 10.5 Å². The van der Waals surface area contributed by atoms with Crippen molar-refractivity contribution >= 4 is 5.91 Å². The van der Waals surface area contributed by atoms with Crippen molar-refractivity contribution in [3.8, 4) is 0 Å². The molecule has 0 aromatic carbocycles. The van der Waals surface area contributed by atoms with Gasteiger partial charge in [0, 0.05) is 12.0 Å². The smallest absolute Gasteiger partial charge is 0.255 e. The van der Waals surface area contributed by atoms with E-state index in [0.717, 1.165) is 25.0 Å². The Morgan fingerprint density at radius 1 is 1.40 bits per heavy atom. The average Bonchev–Trinajstić information content (AvgIpc) is 2.76. The van der Waals surface area contributed by atoms with Crippen LogP contribution in [0.4, 0.5) is 0 Å². The molecule has 2 N–H and O–H groups in total. The lowest BCUT2D eigenvalue weighted by Crippen LogP contribution is -2.53. The van der Waals surface area contributed by atoms with Gasteiger partial charge in [-0.25, -0.2) is 0 Å². The molecule has 2 heterocycles. The van der Waals surface area contributed by atoms with Crippen molar-refractivity contribution in [2.45, 2.75) is 51.4 Å². The molecule has 1 aliphatic heterocycles. The van der Waals surface area contributed by atoms with Crippen LogP contribution in [0.2, 0.25) is 0 Å². The Hall–Kier alpha value is -1.33. The molecule has 5 nitrogen and oxygen atoms in total. The second kappa shape index (κ2) is 5.22. The molecule has 20 heavy (non-hydrogen) atoms. The minimum absolute atomic E-state index is 0.0206. The third-order valence-corrected chi connectivity index (χ3v) is 4.45. The molecule has 110 valence electrons. The number of aliphatic hydroxyl groups excluding tert-OH is 1. The Bertz CT molecular complexity index is 510. The minimum Gasteiger partial charge on any atom is -0.466 e. The van der Waals surface area contributed by atoms with Crippen LogP contribution in [0.5, 0.6) is 0 Å². The molecular formula is C15H21NO4. The molecule has 1 saturated carbocycles. The summed E-state index contributed by atoms with van der Waals surface area (Å²) in [5.74, 6) is 1.37. The fourth-order valence-corrected chi connectivity index (χ4v) is 3.38. The van der Waals surface area contributed by atoms with Crippen LogP contribution in [0.1, 0.15) is 41.1 Å². The zero-order valence-electron chi connectivity index (χ0n) is 11.9. The summed E-state index contributed by atoms with van der Waals surface area (Å²) in [6.07, 6.45) is 2.39. The van der Waals surface area contributed by atoms with Gasteiger partial charge in [0.05, 0.1) is 24.4 Å². The maximum absolute atomic E-state index is 12.3. The molecule has 0 unspecified atom stereocenters. The normalized spacial score (nSPS) is 33.0. The molecule has 2 aliphatic rings. The molecule has 0 spiro atoms. The zero-order chi connectivity index (χ0) is 14.3. The number of carbonyl (C=O) groups excluding carboxylic acids is 1. The van der Waals surface area contributed by atoms with Crippen molar-refractivity contribution in [1.82, 2.24) is 5.32 Å². The summed E-state index contributed by atoms with van der Waals surface area (Å²) in [5, 5.41) is 13.1. The second-order valence-electron chi connectivity index (χ2n) is 5.91. The van der Waals surface area contributed by atoms with Gasteiger partial charge in [0.15, 0.2) is 0 Å². The first kappa shape index (κ1) is 13.6. The van der Waals surface area contributed by atoms with Crippen LogP contribution in [0, 0.1) is 19.8 Å². The highest BCUT2D eigenvalue weighted by Crippen LogP contribution is 2.33. The fraction of sp³-hybridized carbons (Fsp3) is 0.667. The molecule has 1 aliphatic carbocycles. The lowest BCUT2D eigenvalue weighted by molar-refractivity contribution is -0.117. The quantitative estimate of drug-likeness (QED) is 0.861. The minimum atomic E-state index is -0.482. The lowest BCUT2D eigenvalue weighted by Gasteiger charge is -2.43. The highest BCUT2D eigenvalue weighted by molar-refractivity contribution is 5.95. The molecule has 3 rings (SSSR count). The lowest BCUT2D eigenvalue weighted by atomic mass is 9.77. The average molecular weight is 279 g/mol. The van der Waals surface area contributed by atoms with Crippen LogP contribution in [-0.2, 0) is 4.74 Å². The number of nitrogens with one attached hydrogen (secondary N) is 1. The van der Waals surface area contributed by atoms with E-state index in [9.17, 15) is 9.90 Å². The largest absolute Gasteiger partial charge is 0.466 e. The Morgan fingerprint density at radius 2 is 2.20 bits per heavy atom. The second-order valence-corrected chi connectivity index (χ2v) is 5.91. The standard InChI is InChI=1S/C15H21NO4/c1-8-5-11(9(2)20-8)15(18)16-13-4-3-10-6-12(13)14(17)7-19-10/h5,10,12-14,17H,3-4,6-7H2,1-2H3,(H,16,18)/t10-,12+,13-,14+/m1/s1. The number of rotatable bonds is 2. The number of furan rings is 1. The van der Waals surface area contributed by atoms with Gasteiger partial charge >= 0.3 is 0 Å². The first-order valence-electron chi connectivity index (χ1n) is 7.22. The maximum Gasteiger partial charge on any atom is 0.255 e. The molecule has 2 fully saturated rings. The summed E-state index contributed by atoms with van der Waals surface area (Å²) >= 11 is 0. The van der Waals surface area contributed by atoms with Gasteiger partial charge in [-0.1, -0.05) is 0 Å². The van der Waals surface area contributed by atoms with E-state index in [1.807, 2.05) is 6.92 Å². The van der Waals surface area contributed by atoms with Crippen molar-refractivity contribution in [2.24, 2.45) is 5.92 Å². The van der Waals surface area contributed by atoms with Gasteiger partial charge < -0.3 is 19.6 Å². The molecule has 1 aromatic heterocycles. The predicted molar refractivity (Wildman–Crippen MR) is 72.5 cm³/mol. The van der Waals surface area contributed by atoms with E-state index in [-0.39, 0.29) is 24.0 Å². The fourth-order valence-electron chi connectivity index (χ4n) is 3.38. The monoisotopic (exact) mass is 279 g/mol. The molecule has 5 heteroatoms. The van der Waals surface area contributed by atoms with E-state index in [1.165, 1.54) is 0 Å². The third kappa shape index (κ3) is 2.47. The van der Waals surface area contributed by atoms with Crippen molar-refractivity contribution in [3.05, 3.63) is 23.2 Å². The van der Waals surface area contributed by atoms with Crippen LogP contribution in [0.3, 0.4) is 0 Å². The van der Waals surface area contributed by atoms with E-state index in [4.69, 9.17) is 9.15 Å².